The van der Waals surface area contributed by atoms with Crippen LogP contribution in [0.15, 0.2) is 0 Å². The first kappa shape index (κ1) is 13.5. The van der Waals surface area contributed by atoms with Gasteiger partial charge in [-0.25, -0.2) is 8.93 Å². The van der Waals surface area contributed by atoms with Gasteiger partial charge in [0.05, 0.1) is 11.0 Å². The summed E-state index contributed by atoms with van der Waals surface area (Å²) in [6.07, 6.45) is 8.26. The molecule has 1 saturated carbocycles. The Bertz CT molecular complexity index is 260. The van der Waals surface area contributed by atoms with Crippen LogP contribution in [0.1, 0.15) is 32.1 Å². The molecular formula is C12H25N3OS. The summed E-state index contributed by atoms with van der Waals surface area (Å²) in [5.41, 5.74) is 0.270. The molecule has 17 heavy (non-hydrogen) atoms. The molecule has 1 saturated heterocycles. The van der Waals surface area contributed by atoms with Crippen LogP contribution < -0.4 is 10.0 Å². The number of nitrogens with zero attached hydrogens (tertiary/aromatic N) is 1. The largest absolute Gasteiger partial charge is 0.314 e. The maximum absolute atomic E-state index is 11.3. The van der Waals surface area contributed by atoms with Gasteiger partial charge in [-0.1, -0.05) is 19.3 Å². The number of hydrogen-bond acceptors (Lipinski definition) is 3. The van der Waals surface area contributed by atoms with Gasteiger partial charge in [-0.3, -0.25) is 4.90 Å². The first-order chi connectivity index (χ1) is 8.23. The first-order valence-electron chi connectivity index (χ1n) is 6.76. The standard InChI is InChI=1S/C12H25N3OS/c1-17(16)14-11-12(5-3-2-4-6-12)15-9-7-13-8-10-15/h13-14H,2-11H2,1H3. The molecule has 0 aromatic carbocycles. The van der Waals surface area contributed by atoms with Crippen LogP contribution >= 0.6 is 0 Å². The molecule has 2 aliphatic rings. The summed E-state index contributed by atoms with van der Waals surface area (Å²) in [5.74, 6) is 0. The second-order valence-corrected chi connectivity index (χ2v) is 6.49. The molecule has 2 rings (SSSR count). The molecule has 1 aliphatic carbocycles. The molecule has 2 fully saturated rings. The van der Waals surface area contributed by atoms with Crippen LogP contribution in [-0.4, -0.2) is 53.6 Å². The van der Waals surface area contributed by atoms with Crippen molar-refractivity contribution in [3.05, 3.63) is 0 Å². The lowest BCUT2D eigenvalue weighted by molar-refractivity contribution is 0.0436. The van der Waals surface area contributed by atoms with E-state index in [1.54, 1.807) is 6.26 Å². The molecule has 0 bridgehead atoms. The highest BCUT2D eigenvalue weighted by atomic mass is 32.2. The third-order valence-corrected chi connectivity index (χ3v) is 4.73. The van der Waals surface area contributed by atoms with Gasteiger partial charge in [-0.15, -0.1) is 0 Å². The highest BCUT2D eigenvalue weighted by Crippen LogP contribution is 2.33. The van der Waals surface area contributed by atoms with E-state index in [0.717, 1.165) is 32.7 Å². The molecule has 0 spiro atoms. The predicted octanol–water partition coefficient (Wildman–Crippen LogP) is 0.478. The molecular weight excluding hydrogens is 234 g/mol. The molecule has 1 unspecified atom stereocenters. The minimum Gasteiger partial charge on any atom is -0.314 e. The molecule has 0 amide bonds. The van der Waals surface area contributed by atoms with E-state index in [9.17, 15) is 4.21 Å². The van der Waals surface area contributed by atoms with Crippen molar-refractivity contribution in [2.75, 3.05) is 39.0 Å². The normalized spacial score (nSPS) is 27.8. The molecule has 1 atom stereocenters. The summed E-state index contributed by atoms with van der Waals surface area (Å²) in [6, 6.07) is 0. The van der Waals surface area contributed by atoms with Crippen LogP contribution in [-0.2, 0) is 11.0 Å². The fraction of sp³-hybridized carbons (Fsp3) is 1.00. The third kappa shape index (κ3) is 3.50. The average molecular weight is 259 g/mol. The first-order valence-corrected chi connectivity index (χ1v) is 8.31. The smallest absolute Gasteiger partial charge is 0.0884 e. The Morgan fingerprint density at radius 3 is 2.47 bits per heavy atom. The van der Waals surface area contributed by atoms with Gasteiger partial charge in [0.25, 0.3) is 0 Å². The van der Waals surface area contributed by atoms with E-state index in [2.05, 4.69) is 14.9 Å². The van der Waals surface area contributed by atoms with Crippen LogP contribution in [0, 0.1) is 0 Å². The summed E-state index contributed by atoms with van der Waals surface area (Å²) in [6.45, 7) is 5.35. The molecule has 0 aromatic heterocycles. The molecule has 0 aromatic rings. The molecule has 1 aliphatic heterocycles. The van der Waals surface area contributed by atoms with Gasteiger partial charge in [0.2, 0.25) is 0 Å². The lowest BCUT2D eigenvalue weighted by Crippen LogP contribution is -2.61. The minimum absolute atomic E-state index is 0.270. The van der Waals surface area contributed by atoms with Crippen molar-refractivity contribution < 1.29 is 4.21 Å². The molecule has 2 N–H and O–H groups in total. The van der Waals surface area contributed by atoms with Crippen molar-refractivity contribution in [1.29, 1.82) is 0 Å². The zero-order chi connectivity index (χ0) is 12.1. The topological polar surface area (TPSA) is 44.4 Å². The van der Waals surface area contributed by atoms with E-state index in [1.807, 2.05) is 0 Å². The Kier molecular flexibility index (Phi) is 4.97. The third-order valence-electron chi connectivity index (χ3n) is 4.18. The Labute approximate surface area is 107 Å². The number of hydrogen-bond donors (Lipinski definition) is 2. The molecule has 100 valence electrons. The Balaban J connectivity index is 2.01. The van der Waals surface area contributed by atoms with Crippen molar-refractivity contribution in [3.8, 4) is 0 Å². The number of nitrogens with one attached hydrogen (secondary N) is 2. The van der Waals surface area contributed by atoms with Crippen molar-refractivity contribution in [2.45, 2.75) is 37.6 Å². The van der Waals surface area contributed by atoms with Crippen molar-refractivity contribution in [3.63, 3.8) is 0 Å². The van der Waals surface area contributed by atoms with Gasteiger partial charge >= 0.3 is 0 Å². The van der Waals surface area contributed by atoms with E-state index in [1.165, 1.54) is 32.1 Å². The highest BCUT2D eigenvalue weighted by molar-refractivity contribution is 7.82. The van der Waals surface area contributed by atoms with Crippen molar-refractivity contribution in [2.24, 2.45) is 0 Å². The molecule has 5 heteroatoms. The van der Waals surface area contributed by atoms with E-state index >= 15 is 0 Å². The van der Waals surface area contributed by atoms with Gasteiger partial charge in [0.1, 0.15) is 0 Å². The Morgan fingerprint density at radius 1 is 1.24 bits per heavy atom. The van der Waals surface area contributed by atoms with Crippen molar-refractivity contribution >= 4 is 11.0 Å². The predicted molar refractivity (Wildman–Crippen MR) is 72.3 cm³/mol. The SMILES string of the molecule is CS(=O)NCC1(N2CCNCC2)CCCCC1. The highest BCUT2D eigenvalue weighted by Gasteiger charge is 2.38. The van der Waals surface area contributed by atoms with Gasteiger partial charge in [0, 0.05) is 44.5 Å². The lowest BCUT2D eigenvalue weighted by Gasteiger charge is -2.48. The van der Waals surface area contributed by atoms with Crippen LogP contribution in [0.25, 0.3) is 0 Å². The van der Waals surface area contributed by atoms with Gasteiger partial charge in [-0.05, 0) is 12.8 Å². The molecule has 4 nitrogen and oxygen atoms in total. The van der Waals surface area contributed by atoms with Gasteiger partial charge < -0.3 is 5.32 Å². The quantitative estimate of drug-likeness (QED) is 0.772. The second kappa shape index (κ2) is 6.27. The van der Waals surface area contributed by atoms with E-state index in [0.29, 0.717) is 0 Å². The lowest BCUT2D eigenvalue weighted by atomic mass is 9.80. The maximum atomic E-state index is 11.3. The van der Waals surface area contributed by atoms with Crippen LogP contribution in [0.3, 0.4) is 0 Å². The average Bonchev–Trinajstić information content (AvgIpc) is 2.39. The van der Waals surface area contributed by atoms with Crippen LogP contribution in [0.2, 0.25) is 0 Å². The zero-order valence-corrected chi connectivity index (χ0v) is 11.7. The minimum atomic E-state index is -0.890. The molecule has 0 radical (unpaired) electrons. The van der Waals surface area contributed by atoms with Crippen LogP contribution in [0.5, 0.6) is 0 Å². The molecule has 1 heterocycles. The summed E-state index contributed by atoms with van der Waals surface area (Å²) < 4.78 is 14.4. The monoisotopic (exact) mass is 259 g/mol. The van der Waals surface area contributed by atoms with E-state index in [-0.39, 0.29) is 5.54 Å². The summed E-state index contributed by atoms with van der Waals surface area (Å²) >= 11 is 0. The van der Waals surface area contributed by atoms with Gasteiger partial charge in [0.15, 0.2) is 0 Å². The van der Waals surface area contributed by atoms with Crippen molar-refractivity contribution in [1.82, 2.24) is 14.9 Å². The number of piperazine rings is 1. The second-order valence-electron chi connectivity index (χ2n) is 5.30. The Morgan fingerprint density at radius 2 is 1.88 bits per heavy atom. The Hall–Kier alpha value is 0.0300. The maximum Gasteiger partial charge on any atom is 0.0884 e. The van der Waals surface area contributed by atoms with E-state index in [4.69, 9.17) is 0 Å². The number of rotatable bonds is 4. The summed E-state index contributed by atoms with van der Waals surface area (Å²) in [5, 5.41) is 3.41. The van der Waals surface area contributed by atoms with E-state index < -0.39 is 11.0 Å². The van der Waals surface area contributed by atoms with Gasteiger partial charge in [-0.2, -0.15) is 0 Å². The fourth-order valence-corrected chi connectivity index (χ4v) is 3.66. The van der Waals surface area contributed by atoms with Crippen LogP contribution in [0.4, 0.5) is 0 Å². The summed E-state index contributed by atoms with van der Waals surface area (Å²) in [7, 11) is -0.890. The zero-order valence-electron chi connectivity index (χ0n) is 10.8. The fourth-order valence-electron chi connectivity index (χ4n) is 3.19. The summed E-state index contributed by atoms with van der Waals surface area (Å²) in [4.78, 5) is 2.63.